The van der Waals surface area contributed by atoms with Crippen LogP contribution in [0.15, 0.2) is 35.3 Å². The summed E-state index contributed by atoms with van der Waals surface area (Å²) in [5.41, 5.74) is 1.14. The molecule has 2 rings (SSSR count). The van der Waals surface area contributed by atoms with Gasteiger partial charge in [0.1, 0.15) is 0 Å². The van der Waals surface area contributed by atoms with Crippen molar-refractivity contribution in [3.05, 3.63) is 35.3 Å². The van der Waals surface area contributed by atoms with Crippen LogP contribution in [0.4, 0.5) is 0 Å². The van der Waals surface area contributed by atoms with Gasteiger partial charge in [-0.25, -0.2) is 8.42 Å². The van der Waals surface area contributed by atoms with Gasteiger partial charge in [0.15, 0.2) is 9.84 Å². The normalized spacial score (nSPS) is 27.1. The highest BCUT2D eigenvalue weighted by atomic mass is 32.2. The minimum atomic E-state index is -3.19. The van der Waals surface area contributed by atoms with Gasteiger partial charge in [-0.3, -0.25) is 0 Å². The molecule has 18 heavy (non-hydrogen) atoms. The molecule has 2 aliphatic rings. The first-order valence-corrected chi connectivity index (χ1v) is 8.04. The third kappa shape index (κ3) is 1.99. The third-order valence-corrected chi connectivity index (χ3v) is 6.65. The largest absolute Gasteiger partial charge is 0.223 e. The van der Waals surface area contributed by atoms with E-state index in [0.717, 1.165) is 24.8 Å². The smallest absolute Gasteiger partial charge is 0.180 e. The molecule has 0 aromatic carbocycles. The molecule has 0 unspecified atom stereocenters. The zero-order valence-electron chi connectivity index (χ0n) is 11.4. The van der Waals surface area contributed by atoms with Crippen molar-refractivity contribution in [3.63, 3.8) is 0 Å². The molecule has 0 saturated heterocycles. The Morgan fingerprint density at radius 1 is 1.33 bits per heavy atom. The Labute approximate surface area is 110 Å². The summed E-state index contributed by atoms with van der Waals surface area (Å²) in [5, 5.41) is 0. The van der Waals surface area contributed by atoms with E-state index in [0.29, 0.717) is 10.8 Å². The van der Waals surface area contributed by atoms with Gasteiger partial charge in [-0.1, -0.05) is 18.2 Å². The van der Waals surface area contributed by atoms with Crippen molar-refractivity contribution in [2.45, 2.75) is 44.8 Å². The van der Waals surface area contributed by atoms with Gasteiger partial charge in [0.05, 0.1) is 9.65 Å². The summed E-state index contributed by atoms with van der Waals surface area (Å²) in [6.07, 6.45) is 8.75. The van der Waals surface area contributed by atoms with Gasteiger partial charge < -0.3 is 0 Å². The molecule has 2 aliphatic carbocycles. The highest BCUT2D eigenvalue weighted by molar-refractivity contribution is 7.96. The van der Waals surface area contributed by atoms with E-state index < -0.39 is 14.6 Å². The molecule has 0 saturated carbocycles. The second kappa shape index (κ2) is 4.37. The molecule has 0 aromatic rings. The van der Waals surface area contributed by atoms with E-state index in [4.69, 9.17) is 0 Å². The molecule has 0 spiro atoms. The summed E-state index contributed by atoms with van der Waals surface area (Å²) < 4.78 is 24.7. The fourth-order valence-electron chi connectivity index (χ4n) is 2.84. The van der Waals surface area contributed by atoms with Gasteiger partial charge in [0.2, 0.25) is 0 Å². The van der Waals surface area contributed by atoms with Crippen LogP contribution in [0, 0.1) is 11.8 Å². The lowest BCUT2D eigenvalue weighted by Crippen LogP contribution is -2.31. The highest BCUT2D eigenvalue weighted by Gasteiger charge is 2.45. The standard InChI is InChI=1S/C15H22O2S/c1-5-6-7-13-11-8-9-12(10-11)14(13)18(16,17)15(2,3)4/h5,8-9,11-12H,1,6-7,10H2,2-4H3/t11-,12+/m0/s1. The Kier molecular flexibility index (Phi) is 3.30. The highest BCUT2D eigenvalue weighted by Crippen LogP contribution is 2.49. The Balaban J connectivity index is 2.45. The van der Waals surface area contributed by atoms with Crippen molar-refractivity contribution in [2.24, 2.45) is 11.8 Å². The molecule has 2 nitrogen and oxygen atoms in total. The minimum absolute atomic E-state index is 0.124. The molecule has 2 atom stereocenters. The fourth-order valence-corrected chi connectivity index (χ4v) is 4.67. The SMILES string of the molecule is C=CCCC1=C(S(=O)(=O)C(C)(C)C)[C@@H]2C=C[C@H]1C2. The van der Waals surface area contributed by atoms with Gasteiger partial charge >= 0.3 is 0 Å². The maximum Gasteiger partial charge on any atom is 0.180 e. The number of rotatable bonds is 4. The van der Waals surface area contributed by atoms with Crippen LogP contribution in [0.5, 0.6) is 0 Å². The average molecular weight is 266 g/mol. The molecule has 0 radical (unpaired) electrons. The van der Waals surface area contributed by atoms with E-state index in [1.165, 1.54) is 0 Å². The van der Waals surface area contributed by atoms with E-state index in [1.807, 2.05) is 6.08 Å². The zero-order valence-corrected chi connectivity index (χ0v) is 12.3. The average Bonchev–Trinajstić information content (AvgIpc) is 2.84. The number of hydrogen-bond donors (Lipinski definition) is 0. The van der Waals surface area contributed by atoms with E-state index >= 15 is 0 Å². The van der Waals surface area contributed by atoms with Crippen molar-refractivity contribution >= 4 is 9.84 Å². The van der Waals surface area contributed by atoms with Gasteiger partial charge in [-0.05, 0) is 51.5 Å². The Bertz CT molecular complexity index is 515. The van der Waals surface area contributed by atoms with Crippen LogP contribution >= 0.6 is 0 Å². The second-order valence-corrected chi connectivity index (χ2v) is 8.84. The van der Waals surface area contributed by atoms with Crippen LogP contribution in [0.1, 0.15) is 40.0 Å². The van der Waals surface area contributed by atoms with Gasteiger partial charge in [0, 0.05) is 5.92 Å². The molecule has 0 aromatic heterocycles. The predicted octanol–water partition coefficient (Wildman–Crippen LogP) is 3.63. The molecule has 0 amide bonds. The molecule has 0 aliphatic heterocycles. The quantitative estimate of drug-likeness (QED) is 0.728. The molecule has 100 valence electrons. The molecule has 0 N–H and O–H groups in total. The first kappa shape index (κ1) is 13.6. The van der Waals surface area contributed by atoms with Crippen LogP contribution < -0.4 is 0 Å². The second-order valence-electron chi connectivity index (χ2n) is 6.17. The molecule has 0 heterocycles. The van der Waals surface area contributed by atoms with E-state index in [-0.39, 0.29) is 5.92 Å². The third-order valence-electron chi connectivity index (χ3n) is 3.90. The summed E-state index contributed by atoms with van der Waals surface area (Å²) >= 11 is 0. The first-order chi connectivity index (χ1) is 8.29. The van der Waals surface area contributed by atoms with Crippen molar-refractivity contribution < 1.29 is 8.42 Å². The Hall–Kier alpha value is -0.830. The lowest BCUT2D eigenvalue weighted by atomic mass is 9.98. The maximum absolute atomic E-state index is 12.7. The Morgan fingerprint density at radius 2 is 1.94 bits per heavy atom. The molecule has 3 heteroatoms. The van der Waals surface area contributed by atoms with Crippen molar-refractivity contribution in [1.82, 2.24) is 0 Å². The maximum atomic E-state index is 12.7. The topological polar surface area (TPSA) is 34.1 Å². The molecule has 0 fully saturated rings. The van der Waals surface area contributed by atoms with Crippen molar-refractivity contribution in [2.75, 3.05) is 0 Å². The van der Waals surface area contributed by atoms with Crippen LogP contribution in [-0.2, 0) is 9.84 Å². The van der Waals surface area contributed by atoms with Gasteiger partial charge in [-0.15, -0.1) is 6.58 Å². The summed E-state index contributed by atoms with van der Waals surface area (Å²) in [6.45, 7) is 9.09. The van der Waals surface area contributed by atoms with Crippen LogP contribution in [-0.4, -0.2) is 13.2 Å². The van der Waals surface area contributed by atoms with Crippen LogP contribution in [0.25, 0.3) is 0 Å². The predicted molar refractivity (Wildman–Crippen MR) is 75.9 cm³/mol. The molecular formula is C15H22O2S. The lowest BCUT2D eigenvalue weighted by molar-refractivity contribution is 0.562. The summed E-state index contributed by atoms with van der Waals surface area (Å²) in [7, 11) is -3.19. The van der Waals surface area contributed by atoms with Crippen LogP contribution in [0.3, 0.4) is 0 Å². The lowest BCUT2D eigenvalue weighted by Gasteiger charge is -2.25. The van der Waals surface area contributed by atoms with Gasteiger partial charge in [-0.2, -0.15) is 0 Å². The number of allylic oxidation sites excluding steroid dienone is 5. The summed E-state index contributed by atoms with van der Waals surface area (Å²) in [5.74, 6) is 0.473. The Morgan fingerprint density at radius 3 is 2.50 bits per heavy atom. The summed E-state index contributed by atoms with van der Waals surface area (Å²) in [6, 6.07) is 0. The number of sulfone groups is 1. The van der Waals surface area contributed by atoms with Crippen molar-refractivity contribution in [1.29, 1.82) is 0 Å². The summed E-state index contributed by atoms with van der Waals surface area (Å²) in [4.78, 5) is 0.712. The van der Waals surface area contributed by atoms with Crippen LogP contribution in [0.2, 0.25) is 0 Å². The monoisotopic (exact) mass is 266 g/mol. The first-order valence-electron chi connectivity index (χ1n) is 6.56. The number of hydrogen-bond acceptors (Lipinski definition) is 2. The fraction of sp³-hybridized carbons (Fsp3) is 0.600. The molecule has 2 bridgehead atoms. The number of fused-ring (bicyclic) bond motifs is 2. The van der Waals surface area contributed by atoms with Gasteiger partial charge in [0.25, 0.3) is 0 Å². The minimum Gasteiger partial charge on any atom is -0.223 e. The molecular weight excluding hydrogens is 244 g/mol. The van der Waals surface area contributed by atoms with E-state index in [1.54, 1.807) is 20.8 Å². The zero-order chi connectivity index (χ0) is 13.6. The van der Waals surface area contributed by atoms with E-state index in [9.17, 15) is 8.42 Å². The van der Waals surface area contributed by atoms with E-state index in [2.05, 4.69) is 18.7 Å². The van der Waals surface area contributed by atoms with Crippen molar-refractivity contribution in [3.8, 4) is 0 Å².